The van der Waals surface area contributed by atoms with Gasteiger partial charge >= 0.3 is 0 Å². The summed E-state index contributed by atoms with van der Waals surface area (Å²) in [6.45, 7) is 0.401. The maximum absolute atomic E-state index is 12.0. The Bertz CT molecular complexity index is 600. The van der Waals surface area contributed by atoms with E-state index in [1.54, 1.807) is 12.1 Å². The molecule has 0 aliphatic heterocycles. The van der Waals surface area contributed by atoms with Crippen molar-refractivity contribution in [2.75, 3.05) is 6.54 Å². The summed E-state index contributed by atoms with van der Waals surface area (Å²) in [5.41, 5.74) is 0.965. The molecule has 1 unspecified atom stereocenters. The second-order valence-corrected chi connectivity index (χ2v) is 5.15. The third-order valence-electron chi connectivity index (χ3n) is 3.56. The molecule has 1 aliphatic carbocycles. The maximum Gasteiger partial charge on any atom is 0.254 e. The molecule has 6 nitrogen and oxygen atoms in total. The molecule has 0 radical (unpaired) electrons. The highest BCUT2D eigenvalue weighted by Gasteiger charge is 2.32. The summed E-state index contributed by atoms with van der Waals surface area (Å²) in [6, 6.07) is 3.15. The molecule has 0 aromatic carbocycles. The Kier molecular flexibility index (Phi) is 3.77. The van der Waals surface area contributed by atoms with Crippen molar-refractivity contribution in [1.29, 1.82) is 0 Å². The van der Waals surface area contributed by atoms with Crippen molar-refractivity contribution < 1.29 is 18.4 Å². The number of rotatable bonds is 6. The summed E-state index contributed by atoms with van der Waals surface area (Å²) < 4.78 is 9.77. The predicted octanol–water partition coefficient (Wildman–Crippen LogP) is 1.81. The van der Waals surface area contributed by atoms with Crippen molar-refractivity contribution in [2.24, 2.45) is 5.92 Å². The zero-order chi connectivity index (χ0) is 14.7. The Morgan fingerprint density at radius 2 is 1.71 bits per heavy atom. The second kappa shape index (κ2) is 5.87. The molecule has 1 saturated carbocycles. The van der Waals surface area contributed by atoms with E-state index >= 15 is 0 Å². The number of carbonyl (C=O) groups is 2. The second-order valence-electron chi connectivity index (χ2n) is 5.15. The van der Waals surface area contributed by atoms with Gasteiger partial charge in [-0.05, 0) is 30.9 Å². The van der Waals surface area contributed by atoms with Gasteiger partial charge in [-0.2, -0.15) is 0 Å². The SMILES string of the molecule is O=C(NCC(NC(=O)c1ccoc1)C1CC1)c1ccoc1. The minimum absolute atomic E-state index is 0.0664. The van der Waals surface area contributed by atoms with E-state index < -0.39 is 0 Å². The summed E-state index contributed by atoms with van der Waals surface area (Å²) in [4.78, 5) is 23.9. The zero-order valence-corrected chi connectivity index (χ0v) is 11.4. The highest BCUT2D eigenvalue weighted by molar-refractivity contribution is 5.95. The molecule has 1 atom stereocenters. The number of hydrogen-bond acceptors (Lipinski definition) is 4. The monoisotopic (exact) mass is 288 g/mol. The first-order chi connectivity index (χ1) is 10.2. The van der Waals surface area contributed by atoms with Gasteiger partial charge in [-0.1, -0.05) is 0 Å². The number of amides is 2. The van der Waals surface area contributed by atoms with Crippen molar-refractivity contribution in [2.45, 2.75) is 18.9 Å². The molecule has 0 spiro atoms. The number of carbonyl (C=O) groups excluding carboxylic acids is 2. The summed E-state index contributed by atoms with van der Waals surface area (Å²) >= 11 is 0. The van der Waals surface area contributed by atoms with Crippen LogP contribution < -0.4 is 10.6 Å². The Balaban J connectivity index is 1.55. The van der Waals surface area contributed by atoms with Crippen LogP contribution in [-0.2, 0) is 0 Å². The van der Waals surface area contributed by atoms with Crippen LogP contribution in [0.25, 0.3) is 0 Å². The Hall–Kier alpha value is -2.50. The van der Waals surface area contributed by atoms with Gasteiger partial charge in [0.25, 0.3) is 11.8 Å². The van der Waals surface area contributed by atoms with E-state index in [0.717, 1.165) is 12.8 Å². The Morgan fingerprint density at radius 1 is 1.10 bits per heavy atom. The van der Waals surface area contributed by atoms with Crippen molar-refractivity contribution in [3.63, 3.8) is 0 Å². The number of furan rings is 2. The van der Waals surface area contributed by atoms with E-state index in [1.807, 2.05) is 0 Å². The lowest BCUT2D eigenvalue weighted by atomic mass is 10.1. The number of hydrogen-bond donors (Lipinski definition) is 2. The van der Waals surface area contributed by atoms with Gasteiger partial charge in [-0.25, -0.2) is 0 Å². The summed E-state index contributed by atoms with van der Waals surface area (Å²) in [6.07, 6.45) is 7.85. The van der Waals surface area contributed by atoms with Crippen LogP contribution in [-0.4, -0.2) is 24.4 Å². The fraction of sp³-hybridized carbons (Fsp3) is 0.333. The van der Waals surface area contributed by atoms with Crippen LogP contribution >= 0.6 is 0 Å². The predicted molar refractivity (Wildman–Crippen MR) is 73.7 cm³/mol. The molecule has 0 bridgehead atoms. The lowest BCUT2D eigenvalue weighted by Gasteiger charge is -2.18. The quantitative estimate of drug-likeness (QED) is 0.849. The largest absolute Gasteiger partial charge is 0.472 e. The van der Waals surface area contributed by atoms with Crippen molar-refractivity contribution >= 4 is 11.8 Å². The Morgan fingerprint density at radius 3 is 2.24 bits per heavy atom. The molecule has 2 heterocycles. The smallest absolute Gasteiger partial charge is 0.254 e. The van der Waals surface area contributed by atoms with Gasteiger partial charge in [0, 0.05) is 12.6 Å². The number of nitrogens with one attached hydrogen (secondary N) is 2. The van der Waals surface area contributed by atoms with Gasteiger partial charge in [0.2, 0.25) is 0 Å². The normalized spacial score (nSPS) is 15.4. The molecular formula is C15H16N2O4. The van der Waals surface area contributed by atoms with Crippen LogP contribution in [0.3, 0.4) is 0 Å². The molecule has 1 aliphatic rings. The zero-order valence-electron chi connectivity index (χ0n) is 11.4. The van der Waals surface area contributed by atoms with Crippen LogP contribution in [0.4, 0.5) is 0 Å². The average Bonchev–Trinajstić information content (AvgIpc) is 2.98. The minimum atomic E-state index is -0.202. The highest BCUT2D eigenvalue weighted by atomic mass is 16.3. The van der Waals surface area contributed by atoms with Gasteiger partial charge in [-0.3, -0.25) is 9.59 Å². The van der Waals surface area contributed by atoms with E-state index in [2.05, 4.69) is 10.6 Å². The van der Waals surface area contributed by atoms with E-state index in [0.29, 0.717) is 23.6 Å². The standard InChI is InChI=1S/C15H16N2O4/c18-14(11-3-5-20-8-11)16-7-13(10-1-2-10)17-15(19)12-4-6-21-9-12/h3-6,8-10,13H,1-2,7H2,(H,16,18)(H,17,19). The van der Waals surface area contributed by atoms with Crippen LogP contribution in [0.2, 0.25) is 0 Å². The van der Waals surface area contributed by atoms with Gasteiger partial charge in [-0.15, -0.1) is 0 Å². The van der Waals surface area contributed by atoms with Crippen LogP contribution in [0.15, 0.2) is 46.0 Å². The molecule has 2 N–H and O–H groups in total. The summed E-state index contributed by atoms with van der Waals surface area (Å²) in [5.74, 6) is 0.0377. The van der Waals surface area contributed by atoms with Crippen LogP contribution in [0, 0.1) is 5.92 Å². The molecule has 2 amide bonds. The van der Waals surface area contributed by atoms with E-state index in [9.17, 15) is 9.59 Å². The molecule has 2 aromatic heterocycles. The highest BCUT2D eigenvalue weighted by Crippen LogP contribution is 2.32. The topological polar surface area (TPSA) is 84.5 Å². The molecule has 6 heteroatoms. The summed E-state index contributed by atoms with van der Waals surface area (Å²) in [5, 5.41) is 5.76. The first-order valence-electron chi connectivity index (χ1n) is 6.87. The van der Waals surface area contributed by atoms with Gasteiger partial charge in [0.1, 0.15) is 12.5 Å². The average molecular weight is 288 g/mol. The summed E-state index contributed by atoms with van der Waals surface area (Å²) in [7, 11) is 0. The fourth-order valence-corrected chi connectivity index (χ4v) is 2.18. The maximum atomic E-state index is 12.0. The lowest BCUT2D eigenvalue weighted by molar-refractivity contribution is 0.0902. The van der Waals surface area contributed by atoms with Crippen LogP contribution in [0.5, 0.6) is 0 Å². The van der Waals surface area contributed by atoms with Gasteiger partial charge < -0.3 is 19.5 Å². The molecule has 110 valence electrons. The van der Waals surface area contributed by atoms with Crippen LogP contribution in [0.1, 0.15) is 33.6 Å². The lowest BCUT2D eigenvalue weighted by Crippen LogP contribution is -2.45. The minimum Gasteiger partial charge on any atom is -0.472 e. The van der Waals surface area contributed by atoms with E-state index in [-0.39, 0.29) is 17.9 Å². The van der Waals surface area contributed by atoms with Gasteiger partial charge in [0.05, 0.1) is 23.7 Å². The Labute approximate surface area is 121 Å². The molecule has 2 aromatic rings. The molecule has 21 heavy (non-hydrogen) atoms. The fourth-order valence-electron chi connectivity index (χ4n) is 2.18. The molecule has 1 fully saturated rings. The van der Waals surface area contributed by atoms with Crippen molar-refractivity contribution in [3.8, 4) is 0 Å². The first-order valence-corrected chi connectivity index (χ1v) is 6.87. The third-order valence-corrected chi connectivity index (χ3v) is 3.56. The van der Waals surface area contributed by atoms with E-state index in [4.69, 9.17) is 8.83 Å². The molecular weight excluding hydrogens is 272 g/mol. The molecule has 3 rings (SSSR count). The van der Waals surface area contributed by atoms with Gasteiger partial charge in [0.15, 0.2) is 0 Å². The molecule has 0 saturated heterocycles. The van der Waals surface area contributed by atoms with Crippen molar-refractivity contribution in [1.82, 2.24) is 10.6 Å². The third kappa shape index (κ3) is 3.34. The van der Waals surface area contributed by atoms with Crippen molar-refractivity contribution in [3.05, 3.63) is 48.3 Å². The van der Waals surface area contributed by atoms with E-state index in [1.165, 1.54) is 25.1 Å². The first kappa shape index (κ1) is 13.5.